The Morgan fingerprint density at radius 1 is 1.40 bits per heavy atom. The van der Waals surface area contributed by atoms with Crippen molar-refractivity contribution in [1.82, 2.24) is 4.90 Å². The van der Waals surface area contributed by atoms with Crippen molar-refractivity contribution in [2.45, 2.75) is 18.9 Å². The van der Waals surface area contributed by atoms with Gasteiger partial charge in [0.05, 0.1) is 4.88 Å². The number of carbonyl (C=O) groups excluding carboxylic acids is 1. The van der Waals surface area contributed by atoms with Gasteiger partial charge in [0.1, 0.15) is 0 Å². The fraction of sp³-hybridized carbons (Fsp3) is 0.429. The number of hydrogen-bond acceptors (Lipinski definition) is 4. The number of ether oxygens (including phenoxy) is 1. The van der Waals surface area contributed by atoms with E-state index in [0.717, 1.165) is 23.8 Å². The highest BCUT2D eigenvalue weighted by molar-refractivity contribution is 7.14. The molecule has 1 saturated heterocycles. The third-order valence-electron chi connectivity index (χ3n) is 3.29. The molecule has 0 atom stereocenters. The number of thiophene rings is 1. The van der Waals surface area contributed by atoms with E-state index in [1.165, 1.54) is 17.4 Å². The second-order valence-corrected chi connectivity index (χ2v) is 5.75. The van der Waals surface area contributed by atoms with E-state index in [0.29, 0.717) is 18.1 Å². The smallest absolute Gasteiger partial charge is 0.328 e. The van der Waals surface area contributed by atoms with Crippen molar-refractivity contribution < 1.29 is 19.4 Å². The Bertz CT molecular complexity index is 517. The fourth-order valence-corrected chi connectivity index (χ4v) is 3.02. The zero-order valence-electron chi connectivity index (χ0n) is 11.2. The molecule has 0 spiro atoms. The highest BCUT2D eigenvalue weighted by Crippen LogP contribution is 2.22. The number of carboxylic acid groups (broad SMARTS) is 1. The molecular weight excluding hydrogens is 278 g/mol. The van der Waals surface area contributed by atoms with Gasteiger partial charge in [0.2, 0.25) is 0 Å². The lowest BCUT2D eigenvalue weighted by Gasteiger charge is -2.30. The predicted molar refractivity (Wildman–Crippen MR) is 76.9 cm³/mol. The van der Waals surface area contributed by atoms with E-state index in [1.54, 1.807) is 17.0 Å². The minimum Gasteiger partial charge on any atom is -0.478 e. The lowest BCUT2D eigenvalue weighted by Crippen LogP contribution is -2.40. The van der Waals surface area contributed by atoms with Gasteiger partial charge in [-0.3, -0.25) is 4.79 Å². The van der Waals surface area contributed by atoms with E-state index in [-0.39, 0.29) is 11.9 Å². The maximum absolute atomic E-state index is 12.4. The van der Waals surface area contributed by atoms with Gasteiger partial charge >= 0.3 is 5.97 Å². The average molecular weight is 295 g/mol. The van der Waals surface area contributed by atoms with Crippen LogP contribution in [0.5, 0.6) is 0 Å². The molecule has 2 rings (SSSR count). The van der Waals surface area contributed by atoms with Crippen molar-refractivity contribution in [2.75, 3.05) is 20.3 Å². The summed E-state index contributed by atoms with van der Waals surface area (Å²) in [7, 11) is 1.81. The molecule has 1 aliphatic heterocycles. The first kappa shape index (κ1) is 14.7. The molecule has 0 aliphatic carbocycles. The van der Waals surface area contributed by atoms with Crippen molar-refractivity contribution in [3.63, 3.8) is 0 Å². The van der Waals surface area contributed by atoms with Crippen LogP contribution in [0, 0.1) is 0 Å². The van der Waals surface area contributed by atoms with E-state index in [9.17, 15) is 9.59 Å². The summed E-state index contributed by atoms with van der Waals surface area (Å²) in [5, 5.41) is 8.58. The monoisotopic (exact) mass is 295 g/mol. The van der Waals surface area contributed by atoms with Crippen LogP contribution >= 0.6 is 11.3 Å². The molecule has 0 bridgehead atoms. The molecule has 2 heterocycles. The summed E-state index contributed by atoms with van der Waals surface area (Å²) in [6.45, 7) is 1.39. The van der Waals surface area contributed by atoms with Gasteiger partial charge in [-0.2, -0.15) is 0 Å². The second-order valence-electron chi connectivity index (χ2n) is 4.63. The molecular formula is C14H17NO4S. The molecule has 108 valence electrons. The number of amides is 1. The zero-order chi connectivity index (χ0) is 14.5. The van der Waals surface area contributed by atoms with Crippen LogP contribution in [0.15, 0.2) is 18.2 Å². The molecule has 0 unspecified atom stereocenters. The Morgan fingerprint density at radius 2 is 2.10 bits per heavy atom. The molecule has 5 nitrogen and oxygen atoms in total. The first-order chi connectivity index (χ1) is 9.58. The van der Waals surface area contributed by atoms with Crippen LogP contribution in [0.2, 0.25) is 0 Å². The molecule has 1 N–H and O–H groups in total. The summed E-state index contributed by atoms with van der Waals surface area (Å²) in [5.74, 6) is -1.01. The Morgan fingerprint density at radius 3 is 2.75 bits per heavy atom. The third-order valence-corrected chi connectivity index (χ3v) is 4.33. The Balaban J connectivity index is 2.03. The molecule has 1 fully saturated rings. The second kappa shape index (κ2) is 6.67. The summed E-state index contributed by atoms with van der Waals surface area (Å²) in [5.41, 5.74) is 0. The van der Waals surface area contributed by atoms with Gasteiger partial charge in [-0.1, -0.05) is 0 Å². The third kappa shape index (κ3) is 3.68. The highest BCUT2D eigenvalue weighted by atomic mass is 32.1. The van der Waals surface area contributed by atoms with Crippen LogP contribution in [-0.2, 0) is 9.53 Å². The summed E-state index contributed by atoms with van der Waals surface area (Å²) in [6, 6.07) is 3.72. The van der Waals surface area contributed by atoms with E-state index in [2.05, 4.69) is 0 Å². The summed E-state index contributed by atoms with van der Waals surface area (Å²) < 4.78 is 5.29. The van der Waals surface area contributed by atoms with Gasteiger partial charge in [0.25, 0.3) is 5.91 Å². The van der Waals surface area contributed by atoms with Crippen LogP contribution in [-0.4, -0.2) is 48.2 Å². The zero-order valence-corrected chi connectivity index (χ0v) is 12.1. The summed E-state index contributed by atoms with van der Waals surface area (Å²) in [6.07, 6.45) is 4.29. The van der Waals surface area contributed by atoms with Gasteiger partial charge < -0.3 is 14.7 Å². The molecule has 0 aromatic carbocycles. The topological polar surface area (TPSA) is 66.8 Å². The SMILES string of the molecule is CN(C(=O)c1ccc(C=CC(=O)O)s1)C1CCOCC1. The molecule has 0 saturated carbocycles. The van der Waals surface area contributed by atoms with E-state index >= 15 is 0 Å². The lowest BCUT2D eigenvalue weighted by atomic mass is 10.1. The maximum atomic E-state index is 12.4. The van der Waals surface area contributed by atoms with Crippen molar-refractivity contribution in [3.8, 4) is 0 Å². The van der Waals surface area contributed by atoms with Gasteiger partial charge in [-0.15, -0.1) is 11.3 Å². The number of hydrogen-bond donors (Lipinski definition) is 1. The van der Waals surface area contributed by atoms with Crippen molar-refractivity contribution in [3.05, 3.63) is 28.0 Å². The number of carboxylic acids is 1. The van der Waals surface area contributed by atoms with E-state index in [1.807, 2.05) is 7.05 Å². The molecule has 1 amide bonds. The first-order valence-electron chi connectivity index (χ1n) is 6.43. The fourth-order valence-electron chi connectivity index (χ4n) is 2.12. The predicted octanol–water partition coefficient (Wildman–Crippen LogP) is 2.10. The van der Waals surface area contributed by atoms with Gasteiger partial charge in [-0.25, -0.2) is 4.79 Å². The molecule has 1 aliphatic rings. The summed E-state index contributed by atoms with van der Waals surface area (Å²) >= 11 is 1.30. The molecule has 6 heteroatoms. The van der Waals surface area contributed by atoms with Crippen LogP contribution in [0.4, 0.5) is 0 Å². The lowest BCUT2D eigenvalue weighted by molar-refractivity contribution is -0.131. The standard InChI is InChI=1S/C14H17NO4S/c1-15(10-6-8-19-9-7-10)14(18)12-4-2-11(20-12)3-5-13(16)17/h2-5,10H,6-9H2,1H3,(H,16,17). The van der Waals surface area contributed by atoms with E-state index in [4.69, 9.17) is 9.84 Å². The van der Waals surface area contributed by atoms with Crippen molar-refractivity contribution in [2.24, 2.45) is 0 Å². The van der Waals surface area contributed by atoms with Crippen LogP contribution < -0.4 is 0 Å². The first-order valence-corrected chi connectivity index (χ1v) is 7.25. The number of nitrogens with zero attached hydrogens (tertiary/aromatic N) is 1. The Kier molecular flexibility index (Phi) is 4.92. The minimum atomic E-state index is -0.995. The Hall–Kier alpha value is -1.66. The number of carbonyl (C=O) groups is 2. The van der Waals surface area contributed by atoms with Crippen LogP contribution in [0.1, 0.15) is 27.4 Å². The average Bonchev–Trinajstić information content (AvgIpc) is 2.93. The quantitative estimate of drug-likeness (QED) is 0.864. The number of aliphatic carboxylic acids is 1. The van der Waals surface area contributed by atoms with Crippen molar-refractivity contribution >= 4 is 29.3 Å². The molecule has 20 heavy (non-hydrogen) atoms. The van der Waals surface area contributed by atoms with Gasteiger partial charge in [0, 0.05) is 37.3 Å². The minimum absolute atomic E-state index is 0.0168. The normalized spacial score (nSPS) is 16.4. The van der Waals surface area contributed by atoms with Crippen LogP contribution in [0.25, 0.3) is 6.08 Å². The van der Waals surface area contributed by atoms with Crippen molar-refractivity contribution in [1.29, 1.82) is 0 Å². The molecule has 1 aromatic heterocycles. The largest absolute Gasteiger partial charge is 0.478 e. The van der Waals surface area contributed by atoms with E-state index < -0.39 is 5.97 Å². The Labute approximate surface area is 121 Å². The van der Waals surface area contributed by atoms with Gasteiger partial charge in [0.15, 0.2) is 0 Å². The molecule has 0 radical (unpaired) electrons. The summed E-state index contributed by atoms with van der Waals surface area (Å²) in [4.78, 5) is 26.0. The maximum Gasteiger partial charge on any atom is 0.328 e. The van der Waals surface area contributed by atoms with Crippen LogP contribution in [0.3, 0.4) is 0 Å². The highest BCUT2D eigenvalue weighted by Gasteiger charge is 2.24. The molecule has 1 aromatic rings. The van der Waals surface area contributed by atoms with Gasteiger partial charge in [-0.05, 0) is 31.1 Å². The number of rotatable bonds is 4.